The smallest absolute Gasteiger partial charge is 0.661 e. The van der Waals surface area contributed by atoms with Gasteiger partial charge in [0.25, 0.3) is 0 Å². The van der Waals surface area contributed by atoms with Crippen LogP contribution in [-0.2, 0) is 20.1 Å². The van der Waals surface area contributed by atoms with Crippen molar-refractivity contribution in [2.75, 3.05) is 4.90 Å². The SMILES string of the molecule is CC(C)c1cc(-c2ccccc2)cc(C(C)C)c1-n1c(-c2[c-]ccc3c2oc2cc(-c4cc5ccccc5o4)ccc23)nc2ccccc21.CC(C)c1cccc(C(C)C)c1N1c2ccccc2[N-]C1c1[c-]cccc1.[Ir+3]. The summed E-state index contributed by atoms with van der Waals surface area (Å²) < 4.78 is 15.3. The Morgan fingerprint density at radius 3 is 1.90 bits per heavy atom. The number of nitrogens with zero attached hydrogens (tertiary/aromatic N) is 4. The Hall–Kier alpha value is -7.96. The fourth-order valence-corrected chi connectivity index (χ4v) is 11.1. The van der Waals surface area contributed by atoms with Gasteiger partial charge in [0.15, 0.2) is 0 Å². The van der Waals surface area contributed by atoms with E-state index in [1.54, 1.807) is 0 Å². The van der Waals surface area contributed by atoms with Gasteiger partial charge in [0.1, 0.15) is 16.9 Å². The van der Waals surface area contributed by atoms with E-state index in [1.807, 2.05) is 36.4 Å². The molecule has 0 spiro atoms. The molecule has 0 saturated carbocycles. The van der Waals surface area contributed by atoms with Crippen molar-refractivity contribution in [3.63, 3.8) is 0 Å². The molecule has 77 heavy (non-hydrogen) atoms. The largest absolute Gasteiger partial charge is 3.00 e. The van der Waals surface area contributed by atoms with Crippen LogP contribution in [0.2, 0.25) is 0 Å². The molecule has 0 N–H and O–H groups in total. The fraction of sp³-hybridized carbons (Fsp3) is 0.186. The summed E-state index contributed by atoms with van der Waals surface area (Å²) in [5.41, 5.74) is 19.8. The quantitative estimate of drug-likeness (QED) is 0.128. The van der Waals surface area contributed by atoms with E-state index in [0.717, 1.165) is 77.9 Å². The van der Waals surface area contributed by atoms with Crippen LogP contribution in [0.5, 0.6) is 0 Å². The van der Waals surface area contributed by atoms with Crippen molar-refractivity contribution >= 4 is 61.0 Å². The van der Waals surface area contributed by atoms with E-state index in [4.69, 9.17) is 19.1 Å². The van der Waals surface area contributed by atoms with E-state index in [1.165, 1.54) is 50.4 Å². The molecule has 0 bridgehead atoms. The van der Waals surface area contributed by atoms with Gasteiger partial charge >= 0.3 is 20.1 Å². The normalized spacial score (nSPS) is 13.2. The van der Waals surface area contributed by atoms with E-state index in [9.17, 15) is 0 Å². The Balaban J connectivity index is 0.000000191. The summed E-state index contributed by atoms with van der Waals surface area (Å²) in [5, 5.41) is 8.24. The van der Waals surface area contributed by atoms with E-state index in [-0.39, 0.29) is 38.1 Å². The second-order valence-corrected chi connectivity index (χ2v) is 21.3. The van der Waals surface area contributed by atoms with Gasteiger partial charge in [0, 0.05) is 33.4 Å². The van der Waals surface area contributed by atoms with Crippen LogP contribution in [0.25, 0.3) is 88.8 Å². The molecule has 6 nitrogen and oxygen atoms in total. The molecule has 1 atom stereocenters. The molecule has 0 amide bonds. The molecular weight excluding hydrogens is 1120 g/mol. The number of para-hydroxylation sites is 6. The molecule has 4 heterocycles. The maximum atomic E-state index is 6.77. The van der Waals surface area contributed by atoms with Crippen molar-refractivity contribution in [3.8, 4) is 39.5 Å². The zero-order chi connectivity index (χ0) is 52.2. The first-order valence-electron chi connectivity index (χ1n) is 26.8. The van der Waals surface area contributed by atoms with Crippen LogP contribution in [0.3, 0.4) is 0 Å². The van der Waals surface area contributed by atoms with Crippen molar-refractivity contribution in [3.05, 3.63) is 239 Å². The Labute approximate surface area is 465 Å². The van der Waals surface area contributed by atoms with Crippen LogP contribution < -0.4 is 4.90 Å². The Bertz CT molecular complexity index is 3980. The van der Waals surface area contributed by atoms with E-state index in [2.05, 4.69) is 235 Å². The molecule has 1 aliphatic rings. The third-order valence-corrected chi connectivity index (χ3v) is 14.9. The third-order valence-electron chi connectivity index (χ3n) is 14.9. The van der Waals surface area contributed by atoms with Gasteiger partial charge in [-0.05, 0) is 112 Å². The molecule has 0 radical (unpaired) electrons. The monoisotopic (exact) mass is 1180 g/mol. The number of aromatic nitrogens is 2. The predicted molar refractivity (Wildman–Crippen MR) is 316 cm³/mol. The third kappa shape index (κ3) is 9.36. The summed E-state index contributed by atoms with van der Waals surface area (Å²) in [7, 11) is 0. The van der Waals surface area contributed by atoms with Gasteiger partial charge < -0.3 is 23.6 Å². The first-order valence-corrected chi connectivity index (χ1v) is 26.8. The topological polar surface area (TPSA) is 61.4 Å². The molecular formula is C70H61IrN4O2. The molecule has 0 saturated heterocycles. The van der Waals surface area contributed by atoms with E-state index < -0.39 is 0 Å². The van der Waals surface area contributed by atoms with Crippen LogP contribution in [-0.4, -0.2) is 9.55 Å². The summed E-state index contributed by atoms with van der Waals surface area (Å²) in [5.74, 6) is 3.05. The van der Waals surface area contributed by atoms with Gasteiger partial charge in [-0.2, -0.15) is 35.9 Å². The Morgan fingerprint density at radius 1 is 0.506 bits per heavy atom. The molecule has 382 valence electrons. The second kappa shape index (κ2) is 21.2. The zero-order valence-corrected chi connectivity index (χ0v) is 47.2. The number of benzene rings is 9. The average Bonchev–Trinajstić information content (AvgIpc) is 4.41. The number of imidazole rings is 1. The number of hydrogen-bond acceptors (Lipinski definition) is 4. The van der Waals surface area contributed by atoms with Gasteiger partial charge in [0.2, 0.25) is 0 Å². The standard InChI is InChI=1S/C45H35N2O2.C25H26N2.Ir/c1-27(2)36-23-32(29-13-6-5-7-14-29)24-37(28(3)4)43(36)47-39-19-10-9-18-38(39)46-45(47)35-17-12-16-34-33-22-21-31(26-42(33)49-44(34)35)41-25-30-15-8-11-20-40(30)48-41;1-17(2)20-13-10-14-21(18(3)4)24(20)27-23-16-9-8-15-22(23)26-25(27)19-11-6-5-7-12-19;/h5-16,18-28H,1-4H3;5-11,13-18,25H,1-4H3;/q-1;-2;+3. The number of furan rings is 2. The summed E-state index contributed by atoms with van der Waals surface area (Å²) in [4.78, 5) is 7.73. The summed E-state index contributed by atoms with van der Waals surface area (Å²) >= 11 is 0. The van der Waals surface area contributed by atoms with Gasteiger partial charge in [0.05, 0.1) is 22.4 Å². The van der Waals surface area contributed by atoms with Gasteiger partial charge in [-0.3, -0.25) is 4.98 Å². The van der Waals surface area contributed by atoms with Crippen LogP contribution in [0.4, 0.5) is 17.1 Å². The van der Waals surface area contributed by atoms with Gasteiger partial charge in [-0.1, -0.05) is 176 Å². The number of anilines is 2. The maximum absolute atomic E-state index is 6.77. The van der Waals surface area contributed by atoms with Gasteiger partial charge in [-0.25, -0.2) is 0 Å². The van der Waals surface area contributed by atoms with Crippen molar-refractivity contribution in [2.45, 2.75) is 85.2 Å². The molecule has 1 unspecified atom stereocenters. The first-order chi connectivity index (χ1) is 37.0. The minimum atomic E-state index is -0.0824. The van der Waals surface area contributed by atoms with Crippen LogP contribution in [0.1, 0.15) is 113 Å². The molecule has 1 aliphatic heterocycles. The molecule has 0 fully saturated rings. The zero-order valence-electron chi connectivity index (χ0n) is 44.8. The van der Waals surface area contributed by atoms with Crippen LogP contribution in [0.15, 0.2) is 203 Å². The maximum Gasteiger partial charge on any atom is 3.00 e. The Morgan fingerprint density at radius 2 is 1.18 bits per heavy atom. The first kappa shape index (κ1) is 51.2. The van der Waals surface area contributed by atoms with Crippen LogP contribution >= 0.6 is 0 Å². The molecule has 7 heteroatoms. The average molecular weight is 1180 g/mol. The number of hydrogen-bond donors (Lipinski definition) is 0. The summed E-state index contributed by atoms with van der Waals surface area (Å²) in [6.07, 6.45) is -0.0824. The van der Waals surface area contributed by atoms with Crippen LogP contribution in [0, 0.1) is 12.1 Å². The predicted octanol–water partition coefficient (Wildman–Crippen LogP) is 20.3. The second-order valence-electron chi connectivity index (χ2n) is 21.3. The van der Waals surface area contributed by atoms with E-state index >= 15 is 0 Å². The van der Waals surface area contributed by atoms with E-state index in [0.29, 0.717) is 11.8 Å². The number of rotatable bonds is 10. The molecule has 9 aromatic carbocycles. The summed E-state index contributed by atoms with van der Waals surface area (Å²) in [6, 6.07) is 74.7. The fourth-order valence-electron chi connectivity index (χ4n) is 11.1. The Kier molecular flexibility index (Phi) is 14.1. The summed E-state index contributed by atoms with van der Waals surface area (Å²) in [6.45, 7) is 18.2. The van der Waals surface area contributed by atoms with Gasteiger partial charge in [-0.15, -0.1) is 23.9 Å². The number of fused-ring (bicyclic) bond motifs is 6. The van der Waals surface area contributed by atoms with Crippen molar-refractivity contribution in [1.29, 1.82) is 0 Å². The molecule has 12 aromatic rings. The molecule has 0 aliphatic carbocycles. The minimum Gasteiger partial charge on any atom is -0.661 e. The van der Waals surface area contributed by atoms with Crippen molar-refractivity contribution in [1.82, 2.24) is 9.55 Å². The van der Waals surface area contributed by atoms with Crippen molar-refractivity contribution in [2.24, 2.45) is 0 Å². The molecule has 13 rings (SSSR count). The molecule has 3 aromatic heterocycles. The minimum absolute atomic E-state index is 0. The van der Waals surface area contributed by atoms with Crippen molar-refractivity contribution < 1.29 is 28.9 Å².